The average molecular weight is 262 g/mol. The van der Waals surface area contributed by atoms with E-state index in [-0.39, 0.29) is 13.0 Å². The van der Waals surface area contributed by atoms with Crippen molar-refractivity contribution in [1.29, 1.82) is 0 Å². The number of hydrogen-bond donors (Lipinski definition) is 1. The van der Waals surface area contributed by atoms with Crippen LogP contribution in [0, 0.1) is 0 Å². The number of nitrogens with zero attached hydrogens (tertiary/aromatic N) is 3. The zero-order chi connectivity index (χ0) is 13.6. The summed E-state index contributed by atoms with van der Waals surface area (Å²) in [5.41, 5.74) is 7.12. The van der Waals surface area contributed by atoms with Gasteiger partial charge in [0.05, 0.1) is 17.6 Å². The predicted molar refractivity (Wildman–Crippen MR) is 70.6 cm³/mol. The first-order valence-corrected chi connectivity index (χ1v) is 6.19. The van der Waals surface area contributed by atoms with Crippen LogP contribution in [0.5, 0.6) is 0 Å². The maximum atomic E-state index is 13.6. The Hall–Kier alpha value is -2.11. The number of fused-ring (bicyclic) bond motifs is 1. The second kappa shape index (κ2) is 4.22. The van der Waals surface area contributed by atoms with Crippen molar-refractivity contribution >= 4 is 22.9 Å². The summed E-state index contributed by atoms with van der Waals surface area (Å²) in [6.07, 6.45) is -0.907. The van der Waals surface area contributed by atoms with E-state index < -0.39 is 18.1 Å². The molecule has 5 nitrogen and oxygen atoms in total. The van der Waals surface area contributed by atoms with Crippen LogP contribution in [0.25, 0.3) is 11.0 Å². The lowest BCUT2D eigenvalue weighted by Gasteiger charge is -2.22. The molecule has 0 unspecified atom stereocenters. The number of benzene rings is 1. The molecular formula is C13H15FN4O. The van der Waals surface area contributed by atoms with Gasteiger partial charge in [0.2, 0.25) is 11.9 Å². The standard InChI is InChI=1S/C13H15FN4O/c1-17-10-5-3-2-4-9(10)16-13(17)18-7-8(14)6-11(18)12(15)19/h2-5,8,11H,6-7H2,1H3,(H2,15,19)/t8-,11+/m1/s1. The second-order valence-electron chi connectivity index (χ2n) is 4.86. The Bertz CT molecular complexity index is 639. The molecule has 6 heteroatoms. The van der Waals surface area contributed by atoms with Gasteiger partial charge >= 0.3 is 0 Å². The monoisotopic (exact) mass is 262 g/mol. The quantitative estimate of drug-likeness (QED) is 0.877. The van der Waals surface area contributed by atoms with E-state index >= 15 is 0 Å². The van der Waals surface area contributed by atoms with Crippen molar-refractivity contribution < 1.29 is 9.18 Å². The lowest BCUT2D eigenvalue weighted by Crippen LogP contribution is -2.41. The maximum Gasteiger partial charge on any atom is 0.240 e. The number of imidazole rings is 1. The number of aryl methyl sites for hydroxylation is 1. The van der Waals surface area contributed by atoms with E-state index in [9.17, 15) is 9.18 Å². The van der Waals surface area contributed by atoms with Crippen LogP contribution in [0.4, 0.5) is 10.3 Å². The van der Waals surface area contributed by atoms with Crippen LogP contribution in [0.3, 0.4) is 0 Å². The van der Waals surface area contributed by atoms with Gasteiger partial charge in [-0.25, -0.2) is 9.37 Å². The fourth-order valence-corrected chi connectivity index (χ4v) is 2.67. The molecule has 1 fully saturated rings. The Kier molecular flexibility index (Phi) is 2.66. The van der Waals surface area contributed by atoms with Crippen molar-refractivity contribution in [3.8, 4) is 0 Å². The minimum Gasteiger partial charge on any atom is -0.368 e. The zero-order valence-corrected chi connectivity index (χ0v) is 10.6. The minimum absolute atomic E-state index is 0.137. The highest BCUT2D eigenvalue weighted by Gasteiger charge is 2.38. The van der Waals surface area contributed by atoms with E-state index in [4.69, 9.17) is 5.73 Å². The van der Waals surface area contributed by atoms with Crippen molar-refractivity contribution in [3.63, 3.8) is 0 Å². The third-order valence-corrected chi connectivity index (χ3v) is 3.60. The van der Waals surface area contributed by atoms with Crippen molar-refractivity contribution in [1.82, 2.24) is 9.55 Å². The summed E-state index contributed by atoms with van der Waals surface area (Å²) in [6, 6.07) is 7.02. The first-order valence-electron chi connectivity index (χ1n) is 6.19. The summed E-state index contributed by atoms with van der Waals surface area (Å²) in [4.78, 5) is 17.6. The third kappa shape index (κ3) is 1.83. The van der Waals surface area contributed by atoms with Gasteiger partial charge in [-0.1, -0.05) is 12.1 Å². The summed E-state index contributed by atoms with van der Waals surface area (Å²) >= 11 is 0. The summed E-state index contributed by atoms with van der Waals surface area (Å²) in [6.45, 7) is 0.158. The molecule has 0 aliphatic carbocycles. The fraction of sp³-hybridized carbons (Fsp3) is 0.385. The summed E-state index contributed by atoms with van der Waals surface area (Å²) in [5, 5.41) is 0. The van der Waals surface area contributed by atoms with Gasteiger partial charge in [0.15, 0.2) is 0 Å². The highest BCUT2D eigenvalue weighted by Crippen LogP contribution is 2.28. The molecule has 1 amide bonds. The van der Waals surface area contributed by atoms with Gasteiger partial charge in [0.25, 0.3) is 0 Å². The lowest BCUT2D eigenvalue weighted by molar-refractivity contribution is -0.119. The molecule has 2 N–H and O–H groups in total. The summed E-state index contributed by atoms with van der Waals surface area (Å²) in [5.74, 6) is 0.0809. The Balaban J connectivity index is 2.08. The number of rotatable bonds is 2. The Morgan fingerprint density at radius 3 is 2.89 bits per heavy atom. The number of nitrogens with two attached hydrogens (primary N) is 1. The SMILES string of the molecule is Cn1c(N2C[C@H](F)C[C@H]2C(N)=O)nc2ccccc21. The van der Waals surface area contributed by atoms with E-state index in [2.05, 4.69) is 4.98 Å². The molecular weight excluding hydrogens is 247 g/mol. The molecule has 2 atom stereocenters. The smallest absolute Gasteiger partial charge is 0.240 e. The number of carbonyl (C=O) groups excluding carboxylic acids is 1. The number of hydrogen-bond acceptors (Lipinski definition) is 3. The number of amides is 1. The van der Waals surface area contributed by atoms with Gasteiger partial charge in [0, 0.05) is 13.5 Å². The molecule has 2 aromatic rings. The number of halogens is 1. The molecule has 0 spiro atoms. The van der Waals surface area contributed by atoms with Crippen LogP contribution in [0.15, 0.2) is 24.3 Å². The summed E-state index contributed by atoms with van der Waals surface area (Å²) in [7, 11) is 1.86. The van der Waals surface area contributed by atoms with Gasteiger partial charge < -0.3 is 15.2 Å². The number of alkyl halides is 1. The Morgan fingerprint density at radius 1 is 1.47 bits per heavy atom. The highest BCUT2D eigenvalue weighted by molar-refractivity contribution is 5.85. The number of para-hydroxylation sites is 2. The normalized spacial score (nSPS) is 23.2. The number of anilines is 1. The van der Waals surface area contributed by atoms with Gasteiger partial charge in [-0.2, -0.15) is 0 Å². The maximum absolute atomic E-state index is 13.6. The van der Waals surface area contributed by atoms with Crippen molar-refractivity contribution in [2.24, 2.45) is 12.8 Å². The van der Waals surface area contributed by atoms with E-state index in [1.165, 1.54) is 0 Å². The number of primary amides is 1. The molecule has 1 aromatic heterocycles. The van der Waals surface area contributed by atoms with Crippen molar-refractivity contribution in [2.45, 2.75) is 18.6 Å². The van der Waals surface area contributed by atoms with Crippen LogP contribution < -0.4 is 10.6 Å². The summed E-state index contributed by atoms with van der Waals surface area (Å²) < 4.78 is 15.4. The molecule has 100 valence electrons. The van der Waals surface area contributed by atoms with Gasteiger partial charge in [-0.3, -0.25) is 4.79 Å². The van der Waals surface area contributed by atoms with E-state index in [0.29, 0.717) is 5.95 Å². The van der Waals surface area contributed by atoms with Crippen molar-refractivity contribution in [3.05, 3.63) is 24.3 Å². The molecule has 0 saturated carbocycles. The molecule has 1 saturated heterocycles. The Labute approximate surface area is 109 Å². The first-order chi connectivity index (χ1) is 9.08. The zero-order valence-electron chi connectivity index (χ0n) is 10.6. The van der Waals surface area contributed by atoms with Crippen LogP contribution in [0.2, 0.25) is 0 Å². The van der Waals surface area contributed by atoms with Crippen molar-refractivity contribution in [2.75, 3.05) is 11.4 Å². The minimum atomic E-state index is -1.04. The van der Waals surface area contributed by atoms with E-state index in [1.54, 1.807) is 4.90 Å². The van der Waals surface area contributed by atoms with Gasteiger partial charge in [-0.15, -0.1) is 0 Å². The molecule has 19 heavy (non-hydrogen) atoms. The van der Waals surface area contributed by atoms with Crippen LogP contribution in [0.1, 0.15) is 6.42 Å². The molecule has 1 aliphatic rings. The fourth-order valence-electron chi connectivity index (χ4n) is 2.67. The molecule has 1 aromatic carbocycles. The first kappa shape index (κ1) is 12.0. The van der Waals surface area contributed by atoms with Gasteiger partial charge in [-0.05, 0) is 12.1 Å². The Morgan fingerprint density at radius 2 is 2.21 bits per heavy atom. The molecule has 0 radical (unpaired) electrons. The van der Waals surface area contributed by atoms with E-state index in [1.807, 2.05) is 35.9 Å². The number of aromatic nitrogens is 2. The second-order valence-corrected chi connectivity index (χ2v) is 4.86. The molecule has 2 heterocycles. The highest BCUT2D eigenvalue weighted by atomic mass is 19.1. The van der Waals surface area contributed by atoms with Gasteiger partial charge in [0.1, 0.15) is 12.2 Å². The van der Waals surface area contributed by atoms with Crippen LogP contribution >= 0.6 is 0 Å². The topological polar surface area (TPSA) is 64.2 Å². The van der Waals surface area contributed by atoms with E-state index in [0.717, 1.165) is 11.0 Å². The lowest BCUT2D eigenvalue weighted by atomic mass is 10.2. The number of carbonyl (C=O) groups is 1. The van der Waals surface area contributed by atoms with Crippen LogP contribution in [-0.2, 0) is 11.8 Å². The third-order valence-electron chi connectivity index (χ3n) is 3.60. The molecule has 1 aliphatic heterocycles. The van der Waals surface area contributed by atoms with Crippen LogP contribution in [-0.4, -0.2) is 34.2 Å². The molecule has 0 bridgehead atoms. The predicted octanol–water partition coefficient (Wildman–Crippen LogP) is 0.975. The molecule has 3 rings (SSSR count). The average Bonchev–Trinajstić information content (AvgIpc) is 2.91. The largest absolute Gasteiger partial charge is 0.368 e.